The molecule has 0 bridgehead atoms. The summed E-state index contributed by atoms with van der Waals surface area (Å²) in [4.78, 5) is 14.0. The molecule has 0 aromatic carbocycles. The van der Waals surface area contributed by atoms with E-state index < -0.39 is 0 Å². The summed E-state index contributed by atoms with van der Waals surface area (Å²) in [6, 6.07) is 2.01. The summed E-state index contributed by atoms with van der Waals surface area (Å²) in [5, 5.41) is 0. The van der Waals surface area contributed by atoms with Crippen LogP contribution in [-0.2, 0) is 0 Å². The fourth-order valence-electron chi connectivity index (χ4n) is 1.37. The summed E-state index contributed by atoms with van der Waals surface area (Å²) in [5.41, 5.74) is 0.532. The largest absolute Gasteiger partial charge is 0.295 e. The minimum Gasteiger partial charge on any atom is -0.295 e. The number of carbonyl (C=O) groups is 1. The lowest BCUT2D eigenvalue weighted by atomic mass is 10.2. The van der Waals surface area contributed by atoms with E-state index >= 15 is 0 Å². The Balaban J connectivity index is 2.63. The fraction of sp³-hybridized carbons (Fsp3) is 0.545. The van der Waals surface area contributed by atoms with Crippen LogP contribution in [-0.4, -0.2) is 42.3 Å². The summed E-state index contributed by atoms with van der Waals surface area (Å²) in [5.74, 6) is 1.02. The van der Waals surface area contributed by atoms with E-state index in [9.17, 15) is 4.79 Å². The molecular weight excluding hydrogens is 297 g/mol. The second kappa shape index (κ2) is 7.00. The van der Waals surface area contributed by atoms with Gasteiger partial charge in [0.1, 0.15) is 4.34 Å². The number of thiophene rings is 1. The molecule has 0 saturated carbocycles. The van der Waals surface area contributed by atoms with Gasteiger partial charge in [-0.05, 0) is 26.3 Å². The smallest absolute Gasteiger partial charge is 0.179 e. The molecular formula is C11H15Cl2NOS2. The van der Waals surface area contributed by atoms with Crippen LogP contribution in [0, 0.1) is 0 Å². The molecule has 1 heterocycles. The van der Waals surface area contributed by atoms with Gasteiger partial charge >= 0.3 is 0 Å². The van der Waals surface area contributed by atoms with Gasteiger partial charge in [-0.25, -0.2) is 0 Å². The van der Waals surface area contributed by atoms with Crippen molar-refractivity contribution < 1.29 is 4.79 Å². The first-order valence-corrected chi connectivity index (χ1v) is 8.09. The molecule has 96 valence electrons. The normalized spacial score (nSPS) is 13.1. The average Bonchev–Trinajstić information content (AvgIpc) is 2.58. The maximum atomic E-state index is 12.0. The van der Waals surface area contributed by atoms with Crippen LogP contribution in [0.1, 0.15) is 17.3 Å². The SMILES string of the molecule is CSCC(C)N(C)CC(=O)c1cc(Cl)sc1Cl. The molecule has 0 aliphatic rings. The van der Waals surface area contributed by atoms with Crippen molar-refractivity contribution >= 4 is 52.1 Å². The lowest BCUT2D eigenvalue weighted by Gasteiger charge is -2.22. The first-order valence-electron chi connectivity index (χ1n) is 5.13. The predicted octanol–water partition coefficient (Wildman–Crippen LogP) is 3.92. The van der Waals surface area contributed by atoms with Crippen molar-refractivity contribution in [2.45, 2.75) is 13.0 Å². The van der Waals surface area contributed by atoms with Gasteiger partial charge in [0, 0.05) is 11.8 Å². The van der Waals surface area contributed by atoms with Crippen molar-refractivity contribution in [2.75, 3.05) is 25.6 Å². The van der Waals surface area contributed by atoms with Crippen LogP contribution < -0.4 is 0 Å². The second-order valence-electron chi connectivity index (χ2n) is 3.88. The summed E-state index contributed by atoms with van der Waals surface area (Å²) in [6.07, 6.45) is 2.06. The molecule has 0 spiro atoms. The van der Waals surface area contributed by atoms with Crippen LogP contribution in [0.25, 0.3) is 0 Å². The Kier molecular flexibility index (Phi) is 6.31. The third-order valence-electron chi connectivity index (χ3n) is 2.51. The van der Waals surface area contributed by atoms with Gasteiger partial charge in [-0.15, -0.1) is 11.3 Å². The predicted molar refractivity (Wildman–Crippen MR) is 79.1 cm³/mol. The Morgan fingerprint density at radius 2 is 2.24 bits per heavy atom. The zero-order valence-electron chi connectivity index (χ0n) is 10.00. The van der Waals surface area contributed by atoms with Gasteiger partial charge in [0.05, 0.1) is 16.4 Å². The molecule has 1 aromatic rings. The molecule has 0 amide bonds. The van der Waals surface area contributed by atoms with E-state index in [4.69, 9.17) is 23.2 Å². The third kappa shape index (κ3) is 4.45. The lowest BCUT2D eigenvalue weighted by molar-refractivity contribution is 0.0931. The molecule has 6 heteroatoms. The minimum atomic E-state index is 0.0219. The standard InChI is InChI=1S/C11H15Cl2NOS2/c1-7(6-16-3)14(2)5-9(15)8-4-10(12)17-11(8)13/h4,7H,5-6H2,1-3H3. The Morgan fingerprint density at radius 1 is 1.59 bits per heavy atom. The third-order valence-corrected chi connectivity index (χ3v) is 4.81. The van der Waals surface area contributed by atoms with Crippen LogP contribution in [0.15, 0.2) is 6.07 Å². The van der Waals surface area contributed by atoms with Crippen LogP contribution in [0.4, 0.5) is 0 Å². The number of Topliss-reactive ketones (excluding diaryl/α,β-unsaturated/α-hetero) is 1. The number of thioether (sulfide) groups is 1. The van der Waals surface area contributed by atoms with Crippen molar-refractivity contribution in [1.29, 1.82) is 0 Å². The maximum Gasteiger partial charge on any atom is 0.179 e. The number of rotatable bonds is 6. The Labute approximate surface area is 120 Å². The summed E-state index contributed by atoms with van der Waals surface area (Å²) < 4.78 is 1.03. The topological polar surface area (TPSA) is 20.3 Å². The Bertz CT molecular complexity index is 395. The van der Waals surface area contributed by atoms with E-state index in [1.807, 2.05) is 11.9 Å². The molecule has 2 nitrogen and oxygen atoms in total. The van der Waals surface area contributed by atoms with Gasteiger partial charge in [-0.2, -0.15) is 11.8 Å². The first kappa shape index (κ1) is 15.3. The fourth-order valence-corrected chi connectivity index (χ4v) is 3.60. The highest BCUT2D eigenvalue weighted by Gasteiger charge is 2.18. The Hall–Kier alpha value is 0.260. The van der Waals surface area contributed by atoms with Gasteiger partial charge in [-0.3, -0.25) is 9.69 Å². The van der Waals surface area contributed by atoms with Crippen LogP contribution >= 0.6 is 46.3 Å². The van der Waals surface area contributed by atoms with E-state index in [1.54, 1.807) is 17.8 Å². The summed E-state index contributed by atoms with van der Waals surface area (Å²) in [7, 11) is 1.95. The van der Waals surface area contributed by atoms with E-state index in [2.05, 4.69) is 13.2 Å². The van der Waals surface area contributed by atoms with Crippen LogP contribution in [0.5, 0.6) is 0 Å². The lowest BCUT2D eigenvalue weighted by Crippen LogP contribution is -2.35. The number of hydrogen-bond acceptors (Lipinski definition) is 4. The number of likely N-dealkylation sites (N-methyl/N-ethyl adjacent to an activating group) is 1. The van der Waals surface area contributed by atoms with Crippen LogP contribution in [0.3, 0.4) is 0 Å². The monoisotopic (exact) mass is 311 g/mol. The van der Waals surface area contributed by atoms with Gasteiger partial charge < -0.3 is 0 Å². The second-order valence-corrected chi connectivity index (χ2v) is 7.08. The van der Waals surface area contributed by atoms with E-state index in [1.165, 1.54) is 11.3 Å². The summed E-state index contributed by atoms with van der Waals surface area (Å²) in [6.45, 7) is 2.47. The van der Waals surface area contributed by atoms with E-state index in [0.29, 0.717) is 26.8 Å². The zero-order chi connectivity index (χ0) is 13.0. The highest BCUT2D eigenvalue weighted by atomic mass is 35.5. The molecule has 0 aliphatic heterocycles. The zero-order valence-corrected chi connectivity index (χ0v) is 13.1. The van der Waals surface area contributed by atoms with Crippen molar-refractivity contribution in [3.63, 3.8) is 0 Å². The van der Waals surface area contributed by atoms with Crippen molar-refractivity contribution in [3.8, 4) is 0 Å². The molecule has 1 rings (SSSR count). The summed E-state index contributed by atoms with van der Waals surface area (Å²) >= 11 is 14.8. The number of ketones is 1. The number of hydrogen-bond donors (Lipinski definition) is 0. The molecule has 1 aromatic heterocycles. The maximum absolute atomic E-state index is 12.0. The Morgan fingerprint density at radius 3 is 2.71 bits per heavy atom. The number of halogens is 2. The number of nitrogens with zero attached hydrogens (tertiary/aromatic N) is 1. The number of carbonyl (C=O) groups excluding carboxylic acids is 1. The molecule has 0 aliphatic carbocycles. The molecule has 1 atom stereocenters. The molecule has 0 saturated heterocycles. The highest BCUT2D eigenvalue weighted by Crippen LogP contribution is 2.31. The molecule has 0 radical (unpaired) electrons. The molecule has 0 fully saturated rings. The van der Waals surface area contributed by atoms with Crippen molar-refractivity contribution in [1.82, 2.24) is 4.90 Å². The molecule has 1 unspecified atom stereocenters. The highest BCUT2D eigenvalue weighted by molar-refractivity contribution is 7.98. The van der Waals surface area contributed by atoms with E-state index in [0.717, 1.165) is 5.75 Å². The van der Waals surface area contributed by atoms with Gasteiger partial charge in [0.15, 0.2) is 5.78 Å². The van der Waals surface area contributed by atoms with Crippen LogP contribution in [0.2, 0.25) is 8.67 Å². The quantitative estimate of drug-likeness (QED) is 0.743. The van der Waals surface area contributed by atoms with Gasteiger partial charge in [-0.1, -0.05) is 23.2 Å². The molecule has 0 N–H and O–H groups in total. The average molecular weight is 312 g/mol. The van der Waals surface area contributed by atoms with Crippen molar-refractivity contribution in [2.24, 2.45) is 0 Å². The van der Waals surface area contributed by atoms with E-state index in [-0.39, 0.29) is 5.78 Å². The van der Waals surface area contributed by atoms with Crippen molar-refractivity contribution in [3.05, 3.63) is 20.3 Å². The van der Waals surface area contributed by atoms with Gasteiger partial charge in [0.2, 0.25) is 0 Å². The minimum absolute atomic E-state index is 0.0219. The van der Waals surface area contributed by atoms with Gasteiger partial charge in [0.25, 0.3) is 0 Å². The first-order chi connectivity index (χ1) is 7.95. The molecule has 17 heavy (non-hydrogen) atoms.